The summed E-state index contributed by atoms with van der Waals surface area (Å²) in [7, 11) is 2.19. The van der Waals surface area contributed by atoms with Crippen LogP contribution in [0.5, 0.6) is 5.75 Å². The van der Waals surface area contributed by atoms with Gasteiger partial charge in [0, 0.05) is 43.1 Å². The van der Waals surface area contributed by atoms with Crippen LogP contribution in [0.2, 0.25) is 0 Å². The standard InChI is InChI=1S/C39H41N5O8S2/c1-44(27-18-24(19-28(44)36-35(27)52-36)51-37(48)39(50,31-7-3-15-53-31)32-8-4-16-54-32)14-13-41-38(49)42-23-6-2-5-22(17-23)20-40-21-30(46)25-9-11-29(45)34-26(25)10-12-33(47)43-34/h2-12,15-17,24,27-28,30,35-36,40,46,50H,13-14,18-21H2,1H3,(H3-,41,42,43,45,47,49)/p+1/t24?,27?,28?,30-,35?,36?,44?/m0/s1. The van der Waals surface area contributed by atoms with Gasteiger partial charge in [0.25, 0.3) is 0 Å². The number of thiophene rings is 2. The topological polar surface area (TPSA) is 186 Å². The van der Waals surface area contributed by atoms with Gasteiger partial charge in [0.1, 0.15) is 36.1 Å². The number of hydrogen-bond acceptors (Lipinski definition) is 11. The van der Waals surface area contributed by atoms with Gasteiger partial charge in [0.15, 0.2) is 0 Å². The number of morpholine rings is 1. The minimum atomic E-state index is -1.85. The summed E-state index contributed by atoms with van der Waals surface area (Å²) in [5.41, 5.74) is 0.202. The van der Waals surface area contributed by atoms with Crippen molar-refractivity contribution >= 4 is 51.3 Å². The highest BCUT2D eigenvalue weighted by molar-refractivity contribution is 7.12. The lowest BCUT2D eigenvalue weighted by molar-refractivity contribution is -0.955. The molecule has 3 aliphatic heterocycles. The van der Waals surface area contributed by atoms with Crippen LogP contribution in [0.3, 0.4) is 0 Å². The highest BCUT2D eigenvalue weighted by Gasteiger charge is 2.72. The Morgan fingerprint density at radius 3 is 2.43 bits per heavy atom. The number of carbonyl (C=O) groups is 2. The Morgan fingerprint density at radius 1 is 1.02 bits per heavy atom. The van der Waals surface area contributed by atoms with Crippen molar-refractivity contribution in [1.29, 1.82) is 0 Å². The van der Waals surface area contributed by atoms with Crippen molar-refractivity contribution in [3.05, 3.63) is 115 Å². The number of pyridine rings is 1. The van der Waals surface area contributed by atoms with Gasteiger partial charge in [-0.15, -0.1) is 22.7 Å². The Labute approximate surface area is 318 Å². The molecule has 0 aliphatic carbocycles. The van der Waals surface area contributed by atoms with Gasteiger partial charge in [-0.25, -0.2) is 9.59 Å². The second-order valence-electron chi connectivity index (χ2n) is 14.4. The second-order valence-corrected chi connectivity index (χ2v) is 16.3. The summed E-state index contributed by atoms with van der Waals surface area (Å²) >= 11 is 2.65. The Morgan fingerprint density at radius 2 is 1.74 bits per heavy atom. The fourth-order valence-electron chi connectivity index (χ4n) is 8.37. The lowest BCUT2D eigenvalue weighted by Gasteiger charge is -2.48. The monoisotopic (exact) mass is 772 g/mol. The number of urea groups is 1. The summed E-state index contributed by atoms with van der Waals surface area (Å²) in [5.74, 6) is -0.718. The van der Waals surface area contributed by atoms with Crippen molar-refractivity contribution in [1.82, 2.24) is 15.6 Å². The first-order valence-electron chi connectivity index (χ1n) is 17.9. The van der Waals surface area contributed by atoms with Gasteiger partial charge in [-0.1, -0.05) is 30.3 Å². The maximum atomic E-state index is 13.6. The molecule has 0 spiro atoms. The van der Waals surface area contributed by atoms with Crippen molar-refractivity contribution < 1.29 is 38.9 Å². The number of carbonyl (C=O) groups excluding carboxylic acids is 2. The summed E-state index contributed by atoms with van der Waals surface area (Å²) in [6, 6.07) is 20.5. The van der Waals surface area contributed by atoms with Gasteiger partial charge in [-0.05, 0) is 58.3 Å². The van der Waals surface area contributed by atoms with E-state index in [1.54, 1.807) is 24.3 Å². The van der Waals surface area contributed by atoms with Gasteiger partial charge < -0.3 is 50.2 Å². The van der Waals surface area contributed by atoms with Crippen LogP contribution in [0.1, 0.15) is 39.8 Å². The molecule has 2 amide bonds. The second kappa shape index (κ2) is 14.6. The zero-order chi connectivity index (χ0) is 37.6. The number of H-pyrrole nitrogens is 1. The summed E-state index contributed by atoms with van der Waals surface area (Å²) < 4.78 is 12.8. The Hall–Kier alpha value is -4.61. The van der Waals surface area contributed by atoms with E-state index < -0.39 is 17.7 Å². The highest BCUT2D eigenvalue weighted by atomic mass is 32.1. The lowest BCUT2D eigenvalue weighted by atomic mass is 9.94. The molecule has 15 heteroatoms. The third-order valence-corrected chi connectivity index (χ3v) is 13.1. The molecule has 282 valence electrons. The van der Waals surface area contributed by atoms with E-state index in [1.807, 2.05) is 47.2 Å². The molecule has 2 aromatic carbocycles. The molecule has 3 saturated heterocycles. The SMILES string of the molecule is C[N+]1(CCNC(=O)Nc2cccc(CNC[C@H](O)c3ccc(O)c4[nH]c(=O)ccc34)c2)C2CC(OC(=O)C(O)(c3cccs3)c3cccs3)CC1C1OC12. The predicted molar refractivity (Wildman–Crippen MR) is 204 cm³/mol. The summed E-state index contributed by atoms with van der Waals surface area (Å²) in [6.45, 7) is 1.78. The molecule has 3 aromatic heterocycles. The molecule has 2 bridgehead atoms. The minimum Gasteiger partial charge on any atom is -0.506 e. The maximum absolute atomic E-state index is 13.6. The number of ether oxygens (including phenoxy) is 2. The van der Waals surface area contributed by atoms with Crippen molar-refractivity contribution in [2.75, 3.05) is 32.0 Å². The molecule has 5 aromatic rings. The Bertz CT molecular complexity index is 2160. The van der Waals surface area contributed by atoms with E-state index in [9.17, 15) is 29.7 Å². The number of hydrogen-bond donors (Lipinski definition) is 7. The number of nitrogens with one attached hydrogen (secondary N) is 4. The number of anilines is 1. The fourth-order valence-corrected chi connectivity index (χ4v) is 10.1. The molecule has 6 heterocycles. The Balaban J connectivity index is 0.821. The Kier molecular flexibility index (Phi) is 9.81. The van der Waals surface area contributed by atoms with Crippen LogP contribution in [-0.4, -0.2) is 93.9 Å². The molecule has 7 N–H and O–H groups in total. The number of phenols is 1. The summed E-state index contributed by atoms with van der Waals surface area (Å²) in [4.78, 5) is 42.0. The molecular formula is C39H42N5O8S2+. The number of nitrogens with zero attached hydrogens (tertiary/aromatic N) is 1. The number of phenolic OH excluding ortho intramolecular Hbond substituents is 1. The number of rotatable bonds is 13. The number of aliphatic hydroxyl groups is 2. The average molecular weight is 773 g/mol. The number of piperidine rings is 1. The summed E-state index contributed by atoms with van der Waals surface area (Å²) in [6.07, 6.45) is 0.172. The van der Waals surface area contributed by atoms with E-state index in [-0.39, 0.29) is 59.8 Å². The highest BCUT2D eigenvalue weighted by Crippen LogP contribution is 2.53. The molecule has 4 unspecified atom stereocenters. The number of aromatic hydroxyl groups is 1. The van der Waals surface area contributed by atoms with Crippen LogP contribution in [0.15, 0.2) is 88.4 Å². The van der Waals surface area contributed by atoms with E-state index in [1.165, 1.54) is 34.8 Å². The van der Waals surface area contributed by atoms with Crippen molar-refractivity contribution in [3.63, 3.8) is 0 Å². The minimum absolute atomic E-state index is 0.0655. The molecule has 13 nitrogen and oxygen atoms in total. The number of likely N-dealkylation sites (N-methyl/N-ethyl adjacent to an activating group) is 1. The number of quaternary nitrogens is 1. The zero-order valence-electron chi connectivity index (χ0n) is 29.4. The molecule has 0 saturated carbocycles. The molecule has 3 fully saturated rings. The number of benzene rings is 2. The number of aromatic amines is 1. The van der Waals surface area contributed by atoms with Gasteiger partial charge in [-0.2, -0.15) is 0 Å². The van der Waals surface area contributed by atoms with E-state index >= 15 is 0 Å². The van der Waals surface area contributed by atoms with E-state index in [0.29, 0.717) is 63.4 Å². The smallest absolute Gasteiger partial charge is 0.349 e. The largest absolute Gasteiger partial charge is 0.506 e. The van der Waals surface area contributed by atoms with Crippen LogP contribution in [0.25, 0.3) is 10.9 Å². The maximum Gasteiger partial charge on any atom is 0.349 e. The van der Waals surface area contributed by atoms with E-state index in [4.69, 9.17) is 9.47 Å². The molecule has 5 atom stereocenters. The average Bonchev–Trinajstić information content (AvgIpc) is 3.44. The van der Waals surface area contributed by atoms with Crippen LogP contribution >= 0.6 is 22.7 Å². The molecule has 54 heavy (non-hydrogen) atoms. The molecule has 3 aliphatic rings. The van der Waals surface area contributed by atoms with Gasteiger partial charge >= 0.3 is 12.0 Å². The van der Waals surface area contributed by atoms with Gasteiger partial charge in [-0.3, -0.25) is 4.79 Å². The number of fused-ring (bicyclic) bond motifs is 6. The van der Waals surface area contributed by atoms with Crippen LogP contribution < -0.4 is 21.5 Å². The first kappa shape index (κ1) is 36.4. The third kappa shape index (κ3) is 6.81. The first-order valence-corrected chi connectivity index (χ1v) is 19.7. The zero-order valence-corrected chi connectivity index (χ0v) is 31.1. The van der Waals surface area contributed by atoms with Gasteiger partial charge in [0.2, 0.25) is 11.2 Å². The van der Waals surface area contributed by atoms with Crippen LogP contribution in [0, 0.1) is 0 Å². The molecular weight excluding hydrogens is 731 g/mol. The van der Waals surface area contributed by atoms with E-state index in [2.05, 4.69) is 28.0 Å². The van der Waals surface area contributed by atoms with E-state index in [0.717, 1.165) is 5.56 Å². The van der Waals surface area contributed by atoms with Crippen molar-refractivity contribution in [3.8, 4) is 5.75 Å². The number of aromatic nitrogens is 1. The van der Waals surface area contributed by atoms with Crippen LogP contribution in [0.4, 0.5) is 10.5 Å². The normalized spacial score (nSPS) is 24.8. The van der Waals surface area contributed by atoms with Gasteiger partial charge in [0.05, 0.1) is 41.5 Å². The van der Waals surface area contributed by atoms with Crippen molar-refractivity contribution in [2.24, 2.45) is 0 Å². The molecule has 0 radical (unpaired) electrons. The predicted octanol–water partition coefficient (Wildman–Crippen LogP) is 3.91. The first-order chi connectivity index (χ1) is 26.0. The fraction of sp³-hybridized carbons (Fsp3) is 0.359. The number of aliphatic hydroxyl groups excluding tert-OH is 1. The summed E-state index contributed by atoms with van der Waals surface area (Å²) in [5, 5.41) is 46.1. The number of amides is 2. The number of esters is 1. The number of epoxide rings is 1. The molecule has 8 rings (SSSR count). The lowest BCUT2D eigenvalue weighted by Crippen LogP contribution is -2.64. The van der Waals surface area contributed by atoms with Crippen LogP contribution in [-0.2, 0) is 26.4 Å². The third-order valence-electron chi connectivity index (χ3n) is 11.2. The quantitative estimate of drug-likeness (QED) is 0.0530. The van der Waals surface area contributed by atoms with Crippen molar-refractivity contribution in [2.45, 2.75) is 61.5 Å².